The predicted octanol–water partition coefficient (Wildman–Crippen LogP) is 3.37. The largest absolute Gasteiger partial charge is 0.489 e. The molecule has 0 aromatic heterocycles. The van der Waals surface area contributed by atoms with Crippen LogP contribution in [0.1, 0.15) is 16.7 Å². The number of urea groups is 1. The zero-order chi connectivity index (χ0) is 17.5. The van der Waals surface area contributed by atoms with Gasteiger partial charge in [0.05, 0.1) is 0 Å². The third kappa shape index (κ3) is 6.00. The Morgan fingerprint density at radius 2 is 1.76 bits per heavy atom. The standard InChI is InChI=1S/C18H22N4O2.ClH/c1-12-9-15(24-11-14-7-5-4-6-8-14)10-13(2)16(12)21-18(20-3)22-17(19)23;/h4-10H,11H2,1-3H3,(H4,19,20,21,22,23);1H. The summed E-state index contributed by atoms with van der Waals surface area (Å²) in [4.78, 5) is 14.9. The van der Waals surface area contributed by atoms with E-state index in [4.69, 9.17) is 10.5 Å². The van der Waals surface area contributed by atoms with E-state index in [0.717, 1.165) is 28.1 Å². The molecule has 0 aliphatic carbocycles. The maximum atomic E-state index is 11.0. The predicted molar refractivity (Wildman–Crippen MR) is 104 cm³/mol. The number of nitrogens with one attached hydrogen (secondary N) is 2. The highest BCUT2D eigenvalue weighted by Gasteiger charge is 2.09. The molecule has 7 heteroatoms. The van der Waals surface area contributed by atoms with Gasteiger partial charge in [0.1, 0.15) is 12.4 Å². The Labute approximate surface area is 153 Å². The molecule has 25 heavy (non-hydrogen) atoms. The third-order valence-corrected chi connectivity index (χ3v) is 3.46. The van der Waals surface area contributed by atoms with Gasteiger partial charge in [-0.1, -0.05) is 30.3 Å². The number of aryl methyl sites for hydroxylation is 2. The fourth-order valence-electron chi connectivity index (χ4n) is 2.32. The first-order valence-electron chi connectivity index (χ1n) is 7.58. The minimum Gasteiger partial charge on any atom is -0.489 e. The Kier molecular flexibility index (Phi) is 7.75. The van der Waals surface area contributed by atoms with Gasteiger partial charge in [0.25, 0.3) is 0 Å². The van der Waals surface area contributed by atoms with Crippen molar-refractivity contribution in [3.8, 4) is 5.75 Å². The first-order valence-corrected chi connectivity index (χ1v) is 7.58. The maximum absolute atomic E-state index is 11.0. The highest BCUT2D eigenvalue weighted by atomic mass is 35.5. The molecule has 0 heterocycles. The highest BCUT2D eigenvalue weighted by molar-refractivity contribution is 6.03. The van der Waals surface area contributed by atoms with Gasteiger partial charge in [0, 0.05) is 12.7 Å². The Morgan fingerprint density at radius 1 is 1.16 bits per heavy atom. The number of anilines is 1. The van der Waals surface area contributed by atoms with Crippen molar-refractivity contribution in [3.63, 3.8) is 0 Å². The van der Waals surface area contributed by atoms with Gasteiger partial charge in [-0.3, -0.25) is 10.3 Å². The number of guanidine groups is 1. The van der Waals surface area contributed by atoms with Gasteiger partial charge in [-0.05, 0) is 42.7 Å². The van der Waals surface area contributed by atoms with Gasteiger partial charge in [-0.15, -0.1) is 12.4 Å². The normalized spacial score (nSPS) is 10.6. The van der Waals surface area contributed by atoms with Crippen molar-refractivity contribution in [2.24, 2.45) is 10.7 Å². The molecule has 6 nitrogen and oxygen atoms in total. The number of primary amides is 1. The van der Waals surface area contributed by atoms with Gasteiger partial charge in [-0.25, -0.2) is 4.79 Å². The number of carbonyl (C=O) groups excluding carboxylic acids is 1. The molecule has 0 aliphatic heterocycles. The lowest BCUT2D eigenvalue weighted by Crippen LogP contribution is -2.39. The quantitative estimate of drug-likeness (QED) is 0.575. The third-order valence-electron chi connectivity index (χ3n) is 3.46. The number of hydrogen-bond acceptors (Lipinski definition) is 3. The van der Waals surface area contributed by atoms with Crippen molar-refractivity contribution in [1.29, 1.82) is 0 Å². The second-order valence-corrected chi connectivity index (χ2v) is 5.39. The molecule has 0 unspecified atom stereocenters. The van der Waals surface area contributed by atoms with E-state index in [1.165, 1.54) is 0 Å². The summed E-state index contributed by atoms with van der Waals surface area (Å²) in [5.74, 6) is 1.09. The van der Waals surface area contributed by atoms with Crippen molar-refractivity contribution >= 4 is 30.1 Å². The summed E-state index contributed by atoms with van der Waals surface area (Å²) in [5.41, 5.74) is 9.05. The van der Waals surface area contributed by atoms with E-state index in [-0.39, 0.29) is 12.4 Å². The number of halogens is 1. The minimum absolute atomic E-state index is 0. The van der Waals surface area contributed by atoms with Crippen molar-refractivity contribution in [1.82, 2.24) is 5.32 Å². The molecule has 2 rings (SSSR count). The average molecular weight is 363 g/mol. The van der Waals surface area contributed by atoms with E-state index < -0.39 is 6.03 Å². The van der Waals surface area contributed by atoms with E-state index in [9.17, 15) is 4.79 Å². The van der Waals surface area contributed by atoms with Crippen molar-refractivity contribution in [2.75, 3.05) is 12.4 Å². The number of nitrogens with zero attached hydrogens (tertiary/aromatic N) is 1. The van der Waals surface area contributed by atoms with Crippen molar-refractivity contribution < 1.29 is 9.53 Å². The summed E-state index contributed by atoms with van der Waals surface area (Å²) in [7, 11) is 1.57. The minimum atomic E-state index is -0.666. The second-order valence-electron chi connectivity index (χ2n) is 5.39. The molecule has 0 fully saturated rings. The lowest BCUT2D eigenvalue weighted by Gasteiger charge is -2.16. The molecular weight excluding hydrogens is 340 g/mol. The number of benzene rings is 2. The van der Waals surface area contributed by atoms with Gasteiger partial charge < -0.3 is 15.8 Å². The monoisotopic (exact) mass is 362 g/mol. The van der Waals surface area contributed by atoms with Crippen LogP contribution >= 0.6 is 12.4 Å². The maximum Gasteiger partial charge on any atom is 0.318 e. The highest BCUT2D eigenvalue weighted by Crippen LogP contribution is 2.26. The zero-order valence-corrected chi connectivity index (χ0v) is 15.3. The summed E-state index contributed by atoms with van der Waals surface area (Å²) >= 11 is 0. The molecule has 0 aliphatic rings. The van der Waals surface area contributed by atoms with Crippen molar-refractivity contribution in [3.05, 3.63) is 59.2 Å². The molecule has 0 radical (unpaired) electrons. The van der Waals surface area contributed by atoms with Crippen LogP contribution < -0.4 is 21.1 Å². The number of carbonyl (C=O) groups is 1. The van der Waals surface area contributed by atoms with Crippen LogP contribution in [0.25, 0.3) is 0 Å². The Balaban J connectivity index is 0.00000312. The lowest BCUT2D eigenvalue weighted by atomic mass is 10.1. The first-order chi connectivity index (χ1) is 11.5. The molecule has 0 saturated carbocycles. The summed E-state index contributed by atoms with van der Waals surface area (Å²) < 4.78 is 5.86. The summed E-state index contributed by atoms with van der Waals surface area (Å²) in [6.07, 6.45) is 0. The van der Waals surface area contributed by atoms with Gasteiger partial charge in [0.15, 0.2) is 0 Å². The van der Waals surface area contributed by atoms with E-state index in [0.29, 0.717) is 12.6 Å². The van der Waals surface area contributed by atoms with Crippen LogP contribution in [0, 0.1) is 13.8 Å². The number of ether oxygens (including phenoxy) is 1. The number of nitrogens with two attached hydrogens (primary N) is 1. The average Bonchev–Trinajstić information content (AvgIpc) is 2.55. The SMILES string of the molecule is CN=C(NC(N)=O)Nc1c(C)cc(OCc2ccccc2)cc1C.Cl. The van der Waals surface area contributed by atoms with Crippen LogP contribution in [-0.2, 0) is 6.61 Å². The molecule has 0 bridgehead atoms. The molecular formula is C18H23ClN4O2. The van der Waals surface area contributed by atoms with Crippen LogP contribution in [0.4, 0.5) is 10.5 Å². The molecule has 2 aromatic carbocycles. The molecule has 134 valence electrons. The van der Waals surface area contributed by atoms with Crippen LogP contribution in [0.2, 0.25) is 0 Å². The second kappa shape index (κ2) is 9.54. The number of amides is 2. The van der Waals surface area contributed by atoms with E-state index in [1.54, 1.807) is 7.05 Å². The molecule has 0 saturated heterocycles. The van der Waals surface area contributed by atoms with Crippen molar-refractivity contribution in [2.45, 2.75) is 20.5 Å². The number of aliphatic imine (C=N–C) groups is 1. The topological polar surface area (TPSA) is 88.7 Å². The van der Waals surface area contributed by atoms with E-state index >= 15 is 0 Å². The van der Waals surface area contributed by atoms with Gasteiger partial charge in [0.2, 0.25) is 5.96 Å². The Hall–Kier alpha value is -2.73. The van der Waals surface area contributed by atoms with Gasteiger partial charge in [-0.2, -0.15) is 0 Å². The molecule has 0 atom stereocenters. The van der Waals surface area contributed by atoms with Crippen LogP contribution in [0.5, 0.6) is 5.75 Å². The molecule has 4 N–H and O–H groups in total. The summed E-state index contributed by atoms with van der Waals surface area (Å²) in [6.45, 7) is 4.43. The molecule has 0 spiro atoms. The van der Waals surface area contributed by atoms with E-state index in [2.05, 4.69) is 15.6 Å². The molecule has 2 aromatic rings. The fraction of sp³-hybridized carbons (Fsp3) is 0.222. The summed E-state index contributed by atoms with van der Waals surface area (Å²) in [6, 6.07) is 13.2. The Morgan fingerprint density at radius 3 is 2.28 bits per heavy atom. The number of hydrogen-bond donors (Lipinski definition) is 3. The van der Waals surface area contributed by atoms with Crippen LogP contribution in [-0.4, -0.2) is 19.0 Å². The fourth-order valence-corrected chi connectivity index (χ4v) is 2.32. The van der Waals surface area contributed by atoms with Gasteiger partial charge >= 0.3 is 6.03 Å². The lowest BCUT2D eigenvalue weighted by molar-refractivity contribution is 0.253. The zero-order valence-electron chi connectivity index (χ0n) is 14.5. The smallest absolute Gasteiger partial charge is 0.318 e. The Bertz CT molecular complexity index is 725. The first kappa shape index (κ1) is 20.3. The number of rotatable bonds is 4. The molecule has 2 amide bonds. The van der Waals surface area contributed by atoms with Crippen LogP contribution in [0.15, 0.2) is 47.5 Å². The van der Waals surface area contributed by atoms with Crippen LogP contribution in [0.3, 0.4) is 0 Å². The van der Waals surface area contributed by atoms with E-state index in [1.807, 2.05) is 56.3 Å². The summed E-state index contributed by atoms with van der Waals surface area (Å²) in [5, 5.41) is 5.52.